The predicted octanol–water partition coefficient (Wildman–Crippen LogP) is 4.46. The third-order valence-corrected chi connectivity index (χ3v) is 6.10. The zero-order chi connectivity index (χ0) is 17.5. The Labute approximate surface area is 157 Å². The highest BCUT2D eigenvalue weighted by molar-refractivity contribution is 8.14. The summed E-state index contributed by atoms with van der Waals surface area (Å²) in [4.78, 5) is 12.1. The molecule has 3 atom stereocenters. The molecule has 3 aromatic rings. The van der Waals surface area contributed by atoms with Gasteiger partial charge in [-0.3, -0.25) is 9.98 Å². The molecule has 0 saturated carbocycles. The van der Waals surface area contributed by atoms with Crippen LogP contribution in [0.25, 0.3) is 5.69 Å². The summed E-state index contributed by atoms with van der Waals surface area (Å²) in [5.74, 6) is 0. The second-order valence-electron chi connectivity index (χ2n) is 6.82. The molecule has 2 aromatic heterocycles. The molecule has 0 bridgehead atoms. The van der Waals surface area contributed by atoms with Crippen LogP contribution in [0.2, 0.25) is 0 Å². The van der Waals surface area contributed by atoms with Gasteiger partial charge in [0.2, 0.25) is 0 Å². The summed E-state index contributed by atoms with van der Waals surface area (Å²) in [6, 6.07) is 19.0. The molecule has 4 heterocycles. The smallest absolute Gasteiger partial charge is 0.160 e. The van der Waals surface area contributed by atoms with Gasteiger partial charge in [0.1, 0.15) is 6.04 Å². The zero-order valence-corrected chi connectivity index (χ0v) is 15.4. The summed E-state index contributed by atoms with van der Waals surface area (Å²) < 4.78 is 2.19. The number of benzene rings is 1. The molecule has 1 fully saturated rings. The number of hydrogen-bond acceptors (Lipinski definition) is 4. The highest BCUT2D eigenvalue weighted by atomic mass is 32.2. The van der Waals surface area contributed by atoms with E-state index in [0.29, 0.717) is 5.25 Å². The van der Waals surface area contributed by atoms with Crippen molar-refractivity contribution in [2.75, 3.05) is 6.54 Å². The molecular weight excluding hydrogens is 340 g/mol. The van der Waals surface area contributed by atoms with Gasteiger partial charge in [0, 0.05) is 36.1 Å². The summed E-state index contributed by atoms with van der Waals surface area (Å²) in [7, 11) is 0. The largest absolute Gasteiger partial charge is 0.341 e. The van der Waals surface area contributed by atoms with E-state index in [9.17, 15) is 0 Å². The molecule has 2 aliphatic heterocycles. The van der Waals surface area contributed by atoms with Crippen molar-refractivity contribution < 1.29 is 0 Å². The number of nitrogens with zero attached hydrogens (tertiary/aromatic N) is 4. The Morgan fingerprint density at radius 3 is 2.69 bits per heavy atom. The minimum absolute atomic E-state index is 0.0535. The van der Waals surface area contributed by atoms with E-state index in [0.717, 1.165) is 17.4 Å². The normalized spacial score (nSPS) is 24.6. The van der Waals surface area contributed by atoms with Crippen molar-refractivity contribution in [1.82, 2.24) is 14.5 Å². The van der Waals surface area contributed by atoms with Crippen LogP contribution >= 0.6 is 11.8 Å². The molecule has 4 nitrogen and oxygen atoms in total. The number of amidine groups is 1. The molecular formula is C21H20N4S. The van der Waals surface area contributed by atoms with Gasteiger partial charge in [0.05, 0.1) is 11.7 Å². The van der Waals surface area contributed by atoms with Crippen molar-refractivity contribution in [2.24, 2.45) is 4.99 Å². The first-order valence-corrected chi connectivity index (χ1v) is 9.83. The van der Waals surface area contributed by atoms with Gasteiger partial charge in [0.15, 0.2) is 5.17 Å². The molecule has 1 saturated heterocycles. The van der Waals surface area contributed by atoms with Crippen molar-refractivity contribution >= 4 is 16.9 Å². The van der Waals surface area contributed by atoms with E-state index in [1.165, 1.54) is 11.3 Å². The van der Waals surface area contributed by atoms with E-state index in [1.54, 1.807) is 0 Å². The first-order valence-electron chi connectivity index (χ1n) is 8.95. The van der Waals surface area contributed by atoms with Crippen LogP contribution < -0.4 is 0 Å². The molecule has 0 amide bonds. The Balaban J connectivity index is 1.54. The number of para-hydroxylation sites is 1. The first kappa shape index (κ1) is 15.7. The monoisotopic (exact) mass is 360 g/mol. The van der Waals surface area contributed by atoms with E-state index in [2.05, 4.69) is 70.2 Å². The Hall–Kier alpha value is -2.53. The molecule has 1 aromatic carbocycles. The van der Waals surface area contributed by atoms with Gasteiger partial charge in [-0.25, -0.2) is 0 Å². The van der Waals surface area contributed by atoms with Crippen LogP contribution in [0.3, 0.4) is 0 Å². The molecule has 130 valence electrons. The van der Waals surface area contributed by atoms with Crippen LogP contribution in [-0.4, -0.2) is 31.4 Å². The maximum Gasteiger partial charge on any atom is 0.160 e. The van der Waals surface area contributed by atoms with Crippen molar-refractivity contribution in [1.29, 1.82) is 0 Å². The third kappa shape index (κ3) is 2.63. The number of pyridine rings is 1. The second kappa shape index (κ2) is 6.32. The zero-order valence-electron chi connectivity index (χ0n) is 14.6. The standard InChI is InChI=1S/C21H20N4S/c1-15-13-25-20(16-10-12-24(14-16)17-7-3-2-4-8-17)19(23-21(25)26-15)18-9-5-6-11-22-18/h2-12,14-15,19-20H,13H2,1H3/t15-,19+,20+/m1/s1. The van der Waals surface area contributed by atoms with Gasteiger partial charge in [-0.05, 0) is 35.9 Å². The van der Waals surface area contributed by atoms with Crippen molar-refractivity contribution in [2.45, 2.75) is 24.3 Å². The molecule has 0 radical (unpaired) electrons. The minimum Gasteiger partial charge on any atom is -0.341 e. The minimum atomic E-state index is 0.0535. The molecule has 0 N–H and O–H groups in total. The lowest BCUT2D eigenvalue weighted by Crippen LogP contribution is -2.28. The SMILES string of the molecule is C[C@@H]1CN2C(=N[C@@H](c3ccccn3)[C@@H]2c2ccn(-c3ccccc3)c2)S1. The quantitative estimate of drug-likeness (QED) is 0.691. The van der Waals surface area contributed by atoms with Crippen LogP contribution in [0.1, 0.15) is 30.3 Å². The fraction of sp³-hybridized carbons (Fsp3) is 0.238. The number of aliphatic imine (C=N–C) groups is 1. The number of thioether (sulfide) groups is 1. The van der Waals surface area contributed by atoms with E-state index >= 15 is 0 Å². The lowest BCUT2D eigenvalue weighted by atomic mass is 9.99. The van der Waals surface area contributed by atoms with E-state index in [4.69, 9.17) is 4.99 Å². The number of fused-ring (bicyclic) bond motifs is 1. The average Bonchev–Trinajstić information content (AvgIpc) is 3.37. The van der Waals surface area contributed by atoms with Crippen molar-refractivity contribution in [3.8, 4) is 5.69 Å². The van der Waals surface area contributed by atoms with Gasteiger partial charge < -0.3 is 9.47 Å². The lowest BCUT2D eigenvalue weighted by Gasteiger charge is -2.26. The second-order valence-corrected chi connectivity index (χ2v) is 8.23. The summed E-state index contributed by atoms with van der Waals surface area (Å²) in [5.41, 5.74) is 3.51. The number of aromatic nitrogens is 2. The highest BCUT2D eigenvalue weighted by Crippen LogP contribution is 2.47. The van der Waals surface area contributed by atoms with Gasteiger partial charge in [0.25, 0.3) is 0 Å². The fourth-order valence-corrected chi connectivity index (χ4v) is 4.92. The van der Waals surface area contributed by atoms with Crippen LogP contribution in [0.5, 0.6) is 0 Å². The van der Waals surface area contributed by atoms with Crippen molar-refractivity contribution in [3.05, 3.63) is 84.4 Å². The molecule has 5 heteroatoms. The Kier molecular flexibility index (Phi) is 3.82. The maximum atomic E-state index is 5.04. The molecule has 2 aliphatic rings. The van der Waals surface area contributed by atoms with Crippen LogP contribution in [-0.2, 0) is 0 Å². The van der Waals surface area contributed by atoms with E-state index in [1.807, 2.05) is 36.2 Å². The highest BCUT2D eigenvalue weighted by Gasteiger charge is 2.43. The van der Waals surface area contributed by atoms with E-state index < -0.39 is 0 Å². The summed E-state index contributed by atoms with van der Waals surface area (Å²) >= 11 is 1.88. The Morgan fingerprint density at radius 1 is 1.04 bits per heavy atom. The summed E-state index contributed by atoms with van der Waals surface area (Å²) in [6.45, 7) is 3.31. The van der Waals surface area contributed by atoms with Gasteiger partial charge in [-0.2, -0.15) is 0 Å². The first-order chi connectivity index (χ1) is 12.8. The lowest BCUT2D eigenvalue weighted by molar-refractivity contribution is 0.321. The van der Waals surface area contributed by atoms with Crippen LogP contribution in [0.15, 0.2) is 78.2 Å². The van der Waals surface area contributed by atoms with Crippen LogP contribution in [0, 0.1) is 0 Å². The fourth-order valence-electron chi connectivity index (χ4n) is 3.83. The van der Waals surface area contributed by atoms with E-state index in [-0.39, 0.29) is 12.1 Å². The predicted molar refractivity (Wildman–Crippen MR) is 107 cm³/mol. The Morgan fingerprint density at radius 2 is 1.88 bits per heavy atom. The molecule has 0 spiro atoms. The molecule has 26 heavy (non-hydrogen) atoms. The van der Waals surface area contributed by atoms with Gasteiger partial charge in [-0.1, -0.05) is 43.0 Å². The van der Waals surface area contributed by atoms with Gasteiger partial charge >= 0.3 is 0 Å². The average molecular weight is 360 g/mol. The molecule has 0 aliphatic carbocycles. The van der Waals surface area contributed by atoms with Crippen LogP contribution in [0.4, 0.5) is 0 Å². The molecule has 5 rings (SSSR count). The third-order valence-electron chi connectivity index (χ3n) is 4.99. The topological polar surface area (TPSA) is 33.4 Å². The number of rotatable bonds is 3. The maximum absolute atomic E-state index is 5.04. The number of hydrogen-bond donors (Lipinski definition) is 0. The summed E-state index contributed by atoms with van der Waals surface area (Å²) in [6.07, 6.45) is 6.24. The van der Waals surface area contributed by atoms with Gasteiger partial charge in [-0.15, -0.1) is 0 Å². The van der Waals surface area contributed by atoms with Crippen molar-refractivity contribution in [3.63, 3.8) is 0 Å². The Bertz CT molecular complexity index is 935. The summed E-state index contributed by atoms with van der Waals surface area (Å²) in [5, 5.41) is 1.74. The molecule has 0 unspecified atom stereocenters.